The first-order valence-corrected chi connectivity index (χ1v) is 6.35. The molecule has 0 spiro atoms. The van der Waals surface area contributed by atoms with E-state index in [9.17, 15) is 9.18 Å². The fourth-order valence-electron chi connectivity index (χ4n) is 1.94. The number of ether oxygens (including phenoxy) is 2. The number of carbonyl (C=O) groups excluding carboxylic acids is 1. The minimum absolute atomic E-state index is 0.171. The van der Waals surface area contributed by atoms with Crippen molar-refractivity contribution in [3.63, 3.8) is 0 Å². The van der Waals surface area contributed by atoms with E-state index in [-0.39, 0.29) is 18.4 Å². The molecule has 2 aromatic carbocycles. The summed E-state index contributed by atoms with van der Waals surface area (Å²) in [6, 6.07) is 11.0. The molecule has 3 rings (SSSR count). The van der Waals surface area contributed by atoms with Gasteiger partial charge in [0.05, 0.1) is 0 Å². The average molecular weight is 285 g/mol. The van der Waals surface area contributed by atoms with Crippen LogP contribution in [-0.2, 0) is 0 Å². The third-order valence-corrected chi connectivity index (χ3v) is 2.97. The van der Waals surface area contributed by atoms with Crippen LogP contribution in [0.3, 0.4) is 0 Å². The minimum atomic E-state index is -0.338. The molecule has 1 aliphatic rings. The third kappa shape index (κ3) is 3.02. The van der Waals surface area contributed by atoms with Crippen LogP contribution in [0.5, 0.6) is 11.5 Å². The van der Waals surface area contributed by atoms with Crippen molar-refractivity contribution in [3.8, 4) is 11.5 Å². The first-order chi connectivity index (χ1) is 10.2. The van der Waals surface area contributed by atoms with Crippen molar-refractivity contribution in [3.05, 3.63) is 66.1 Å². The average Bonchev–Trinajstić information content (AvgIpc) is 2.94. The summed E-state index contributed by atoms with van der Waals surface area (Å²) in [5, 5.41) is 2.84. The summed E-state index contributed by atoms with van der Waals surface area (Å²) in [6.07, 6.45) is 2.85. The molecule has 2 aromatic rings. The van der Waals surface area contributed by atoms with Gasteiger partial charge in [-0.25, -0.2) is 4.39 Å². The van der Waals surface area contributed by atoms with Crippen LogP contribution in [0.15, 0.2) is 54.7 Å². The first-order valence-electron chi connectivity index (χ1n) is 6.35. The number of nitrogens with one attached hydrogen (secondary N) is 1. The lowest BCUT2D eigenvalue weighted by atomic mass is 10.1. The molecule has 0 bridgehead atoms. The fraction of sp³-hybridized carbons (Fsp3) is 0.0625. The second kappa shape index (κ2) is 5.66. The lowest BCUT2D eigenvalue weighted by Crippen LogP contribution is -1.96. The summed E-state index contributed by atoms with van der Waals surface area (Å²) in [4.78, 5) is 12.0. The maximum atomic E-state index is 13.0. The van der Waals surface area contributed by atoms with Crippen LogP contribution in [0.1, 0.15) is 10.4 Å². The Bertz CT molecular complexity index is 712. The second-order valence-corrected chi connectivity index (χ2v) is 4.42. The molecule has 0 aromatic heterocycles. The van der Waals surface area contributed by atoms with Crippen LogP contribution in [0, 0.1) is 5.82 Å². The monoisotopic (exact) mass is 285 g/mol. The smallest absolute Gasteiger partial charge is 0.231 e. The highest BCUT2D eigenvalue weighted by Gasteiger charge is 2.14. The molecule has 21 heavy (non-hydrogen) atoms. The zero-order chi connectivity index (χ0) is 14.7. The van der Waals surface area contributed by atoms with Crippen molar-refractivity contribution in [2.24, 2.45) is 0 Å². The molecular formula is C16H12FNO3. The van der Waals surface area contributed by atoms with Crippen molar-refractivity contribution in [1.29, 1.82) is 0 Å². The van der Waals surface area contributed by atoms with Gasteiger partial charge in [0, 0.05) is 23.5 Å². The van der Waals surface area contributed by atoms with Crippen LogP contribution in [-0.4, -0.2) is 12.6 Å². The van der Waals surface area contributed by atoms with Crippen molar-refractivity contribution in [1.82, 2.24) is 0 Å². The molecule has 0 atom stereocenters. The van der Waals surface area contributed by atoms with Crippen LogP contribution >= 0.6 is 0 Å². The highest BCUT2D eigenvalue weighted by molar-refractivity contribution is 6.05. The quantitative estimate of drug-likeness (QED) is 0.691. The summed E-state index contributed by atoms with van der Waals surface area (Å²) in [5.74, 6) is 0.674. The van der Waals surface area contributed by atoms with Crippen molar-refractivity contribution < 1.29 is 18.7 Å². The maximum Gasteiger partial charge on any atom is 0.231 e. The van der Waals surface area contributed by atoms with E-state index in [0.29, 0.717) is 22.7 Å². The number of halogens is 1. The van der Waals surface area contributed by atoms with Crippen molar-refractivity contribution in [2.75, 3.05) is 12.1 Å². The highest BCUT2D eigenvalue weighted by Crippen LogP contribution is 2.32. The molecule has 5 heteroatoms. The molecule has 0 saturated carbocycles. The van der Waals surface area contributed by atoms with Gasteiger partial charge in [0.25, 0.3) is 0 Å². The Kier molecular flexibility index (Phi) is 3.55. The SMILES string of the molecule is O=C(C=CNc1cccc(F)c1)c1ccc2c(c1)OCO2. The van der Waals surface area contributed by atoms with Gasteiger partial charge in [-0.15, -0.1) is 0 Å². The summed E-state index contributed by atoms with van der Waals surface area (Å²) in [7, 11) is 0. The highest BCUT2D eigenvalue weighted by atomic mass is 19.1. The zero-order valence-electron chi connectivity index (χ0n) is 11.0. The lowest BCUT2D eigenvalue weighted by Gasteiger charge is -2.01. The van der Waals surface area contributed by atoms with Crippen LogP contribution in [0.4, 0.5) is 10.1 Å². The largest absolute Gasteiger partial charge is 0.454 e. The molecule has 0 amide bonds. The normalized spacial score (nSPS) is 12.6. The van der Waals surface area contributed by atoms with E-state index < -0.39 is 0 Å². The van der Waals surface area contributed by atoms with Gasteiger partial charge < -0.3 is 14.8 Å². The van der Waals surface area contributed by atoms with Crippen molar-refractivity contribution >= 4 is 11.5 Å². The standard InChI is InChI=1S/C16H12FNO3/c17-12-2-1-3-13(9-12)18-7-6-14(19)11-4-5-15-16(8-11)21-10-20-15/h1-9,18H,10H2. The Morgan fingerprint density at radius 2 is 2.00 bits per heavy atom. The molecule has 0 unspecified atom stereocenters. The van der Waals surface area contributed by atoms with Gasteiger partial charge in [0.15, 0.2) is 17.3 Å². The molecule has 4 nitrogen and oxygen atoms in total. The number of carbonyl (C=O) groups is 1. The number of anilines is 1. The molecule has 1 heterocycles. The maximum absolute atomic E-state index is 13.0. The van der Waals surface area contributed by atoms with E-state index in [2.05, 4.69) is 5.32 Å². The van der Waals surface area contributed by atoms with Gasteiger partial charge in [-0.05, 0) is 36.4 Å². The van der Waals surface area contributed by atoms with Crippen LogP contribution in [0.25, 0.3) is 0 Å². The summed E-state index contributed by atoms with van der Waals surface area (Å²) in [5.41, 5.74) is 1.07. The first kappa shape index (κ1) is 13.2. The van der Waals surface area contributed by atoms with E-state index in [1.807, 2.05) is 0 Å². The number of benzene rings is 2. The minimum Gasteiger partial charge on any atom is -0.454 e. The van der Waals surface area contributed by atoms with E-state index in [1.165, 1.54) is 24.4 Å². The van der Waals surface area contributed by atoms with Crippen molar-refractivity contribution in [2.45, 2.75) is 0 Å². The van der Waals surface area contributed by atoms with E-state index in [4.69, 9.17) is 9.47 Å². The number of ketones is 1. The number of hydrogen-bond donors (Lipinski definition) is 1. The van der Waals surface area contributed by atoms with Gasteiger partial charge in [0.1, 0.15) is 5.82 Å². The summed E-state index contributed by atoms with van der Waals surface area (Å²) < 4.78 is 23.4. The van der Waals surface area contributed by atoms with Gasteiger partial charge in [0.2, 0.25) is 6.79 Å². The Morgan fingerprint density at radius 3 is 2.86 bits per heavy atom. The van der Waals surface area contributed by atoms with Crippen LogP contribution < -0.4 is 14.8 Å². The molecule has 106 valence electrons. The topological polar surface area (TPSA) is 47.6 Å². The number of fused-ring (bicyclic) bond motifs is 1. The predicted octanol–water partition coefficient (Wildman–Crippen LogP) is 3.36. The Hall–Kier alpha value is -2.82. The summed E-state index contributed by atoms with van der Waals surface area (Å²) in [6.45, 7) is 0.171. The Labute approximate surface area is 120 Å². The van der Waals surface area contributed by atoms with E-state index in [1.54, 1.807) is 30.3 Å². The van der Waals surface area contributed by atoms with Gasteiger partial charge in [-0.3, -0.25) is 4.79 Å². The number of hydrogen-bond acceptors (Lipinski definition) is 4. The molecular weight excluding hydrogens is 273 g/mol. The Morgan fingerprint density at radius 1 is 1.14 bits per heavy atom. The Balaban J connectivity index is 1.67. The molecule has 1 N–H and O–H groups in total. The lowest BCUT2D eigenvalue weighted by molar-refractivity contribution is 0.104. The molecule has 1 aliphatic heterocycles. The van der Waals surface area contributed by atoms with Gasteiger partial charge >= 0.3 is 0 Å². The van der Waals surface area contributed by atoms with E-state index in [0.717, 1.165) is 0 Å². The summed E-state index contributed by atoms with van der Waals surface area (Å²) >= 11 is 0. The number of allylic oxidation sites excluding steroid dienone is 1. The fourth-order valence-corrected chi connectivity index (χ4v) is 1.94. The third-order valence-electron chi connectivity index (χ3n) is 2.97. The molecule has 0 radical (unpaired) electrons. The number of rotatable bonds is 4. The molecule has 0 aliphatic carbocycles. The van der Waals surface area contributed by atoms with Gasteiger partial charge in [-0.1, -0.05) is 6.07 Å². The van der Waals surface area contributed by atoms with E-state index >= 15 is 0 Å². The zero-order valence-corrected chi connectivity index (χ0v) is 11.0. The second-order valence-electron chi connectivity index (χ2n) is 4.42. The molecule has 0 saturated heterocycles. The predicted molar refractivity (Wildman–Crippen MR) is 76.1 cm³/mol. The van der Waals surface area contributed by atoms with Gasteiger partial charge in [-0.2, -0.15) is 0 Å². The molecule has 0 fully saturated rings. The van der Waals surface area contributed by atoms with Crippen LogP contribution in [0.2, 0.25) is 0 Å².